The van der Waals surface area contributed by atoms with Gasteiger partial charge in [-0.2, -0.15) is 4.98 Å². The highest BCUT2D eigenvalue weighted by Crippen LogP contribution is 2.32. The maximum atomic E-state index is 11.2. The quantitative estimate of drug-likeness (QED) is 0.518. The Kier molecular flexibility index (Phi) is 6.42. The number of anilines is 3. The van der Waals surface area contributed by atoms with E-state index < -0.39 is 5.97 Å². The van der Waals surface area contributed by atoms with E-state index in [-0.39, 0.29) is 11.6 Å². The standard InChI is InChI=1S/C25H26Cl2N6O2/c1-15-7-8-33(15)25-29-21(17-3-5-19(26)6-4-17)12-22(30-25)32-10-9-31(14-16(32)2)23-20(27)11-18(13-28-23)24(34)35/h3-6,11-13,15-16H,7-10,14H2,1-2H3,(H,34,35). The lowest BCUT2D eigenvalue weighted by atomic mass is 10.1. The summed E-state index contributed by atoms with van der Waals surface area (Å²) < 4.78 is 0. The molecule has 2 unspecified atom stereocenters. The van der Waals surface area contributed by atoms with Gasteiger partial charge >= 0.3 is 5.97 Å². The summed E-state index contributed by atoms with van der Waals surface area (Å²) >= 11 is 12.5. The Labute approximate surface area is 214 Å². The highest BCUT2D eigenvalue weighted by molar-refractivity contribution is 6.33. The van der Waals surface area contributed by atoms with Crippen LogP contribution in [0.25, 0.3) is 11.3 Å². The number of hydrogen-bond acceptors (Lipinski definition) is 7. The van der Waals surface area contributed by atoms with Gasteiger partial charge in [0.25, 0.3) is 0 Å². The number of carbonyl (C=O) groups is 1. The Bertz CT molecular complexity index is 1260. The van der Waals surface area contributed by atoms with E-state index in [0.717, 1.165) is 36.0 Å². The van der Waals surface area contributed by atoms with Gasteiger partial charge in [-0.3, -0.25) is 0 Å². The largest absolute Gasteiger partial charge is 0.478 e. The number of piperazine rings is 1. The summed E-state index contributed by atoms with van der Waals surface area (Å²) in [5, 5.41) is 10.2. The van der Waals surface area contributed by atoms with Crippen molar-refractivity contribution in [3.8, 4) is 11.3 Å². The molecule has 35 heavy (non-hydrogen) atoms. The van der Waals surface area contributed by atoms with Crippen LogP contribution in [0.1, 0.15) is 30.6 Å². The van der Waals surface area contributed by atoms with Crippen LogP contribution < -0.4 is 14.7 Å². The third kappa shape index (κ3) is 4.73. The van der Waals surface area contributed by atoms with E-state index in [1.54, 1.807) is 0 Å². The normalized spacial score (nSPS) is 20.1. The molecular formula is C25H26Cl2N6O2. The van der Waals surface area contributed by atoms with Gasteiger partial charge in [0.1, 0.15) is 11.6 Å². The average Bonchev–Trinajstić information content (AvgIpc) is 2.83. The summed E-state index contributed by atoms with van der Waals surface area (Å²) in [6.45, 7) is 7.35. The number of carboxylic acid groups (broad SMARTS) is 1. The zero-order chi connectivity index (χ0) is 24.7. The molecule has 1 N–H and O–H groups in total. The maximum absolute atomic E-state index is 11.2. The van der Waals surface area contributed by atoms with Crippen LogP contribution in [0.3, 0.4) is 0 Å². The molecule has 8 nitrogen and oxygen atoms in total. The Morgan fingerprint density at radius 1 is 1.00 bits per heavy atom. The van der Waals surface area contributed by atoms with Crippen molar-refractivity contribution in [3.05, 3.63) is 58.2 Å². The lowest BCUT2D eigenvalue weighted by Gasteiger charge is -2.42. The van der Waals surface area contributed by atoms with Crippen molar-refractivity contribution in [2.45, 2.75) is 32.4 Å². The molecule has 2 saturated heterocycles. The number of aromatic carboxylic acids is 1. The van der Waals surface area contributed by atoms with Gasteiger partial charge in [0.05, 0.1) is 16.3 Å². The van der Waals surface area contributed by atoms with Crippen LogP contribution in [-0.4, -0.2) is 64.3 Å². The lowest BCUT2D eigenvalue weighted by Crippen LogP contribution is -2.53. The maximum Gasteiger partial charge on any atom is 0.337 e. The van der Waals surface area contributed by atoms with Crippen LogP contribution in [0.5, 0.6) is 0 Å². The molecule has 0 aliphatic carbocycles. The second-order valence-corrected chi connectivity index (χ2v) is 9.92. The van der Waals surface area contributed by atoms with E-state index in [9.17, 15) is 9.90 Å². The highest BCUT2D eigenvalue weighted by Gasteiger charge is 2.30. The molecule has 1 aromatic carbocycles. The molecule has 0 radical (unpaired) electrons. The van der Waals surface area contributed by atoms with Crippen LogP contribution in [0, 0.1) is 0 Å². The van der Waals surface area contributed by atoms with Gasteiger partial charge in [-0.15, -0.1) is 0 Å². The summed E-state index contributed by atoms with van der Waals surface area (Å²) in [7, 11) is 0. The summed E-state index contributed by atoms with van der Waals surface area (Å²) in [5.74, 6) is 1.18. The molecule has 2 aliphatic heterocycles. The van der Waals surface area contributed by atoms with Gasteiger partial charge in [-0.05, 0) is 38.5 Å². The number of rotatable bonds is 5. The van der Waals surface area contributed by atoms with Gasteiger partial charge in [0.15, 0.2) is 0 Å². The second kappa shape index (κ2) is 9.51. The molecule has 2 fully saturated rings. The minimum Gasteiger partial charge on any atom is -0.478 e. The van der Waals surface area contributed by atoms with E-state index in [1.807, 2.05) is 30.3 Å². The van der Waals surface area contributed by atoms with Crippen LogP contribution in [0.15, 0.2) is 42.6 Å². The first-order valence-electron chi connectivity index (χ1n) is 11.6. The molecule has 182 valence electrons. The molecule has 0 spiro atoms. The van der Waals surface area contributed by atoms with Crippen molar-refractivity contribution >= 4 is 46.8 Å². The van der Waals surface area contributed by atoms with Gasteiger partial charge in [-0.25, -0.2) is 14.8 Å². The minimum atomic E-state index is -1.04. The van der Waals surface area contributed by atoms with Crippen LogP contribution >= 0.6 is 23.2 Å². The van der Waals surface area contributed by atoms with Gasteiger partial charge in [0.2, 0.25) is 5.95 Å². The fourth-order valence-corrected chi connectivity index (χ4v) is 4.96. The molecule has 2 aromatic heterocycles. The van der Waals surface area contributed by atoms with Gasteiger partial charge in [0, 0.05) is 61.1 Å². The monoisotopic (exact) mass is 512 g/mol. The number of aromatic nitrogens is 3. The van der Waals surface area contributed by atoms with E-state index >= 15 is 0 Å². The zero-order valence-electron chi connectivity index (χ0n) is 19.5. The number of halogens is 2. The average molecular weight is 513 g/mol. The third-order valence-electron chi connectivity index (χ3n) is 6.71. The molecule has 0 amide bonds. The van der Waals surface area contributed by atoms with Crippen LogP contribution in [-0.2, 0) is 0 Å². The summed E-state index contributed by atoms with van der Waals surface area (Å²) in [6, 6.07) is 11.7. The first kappa shape index (κ1) is 23.6. The predicted molar refractivity (Wildman–Crippen MR) is 139 cm³/mol. The number of benzene rings is 1. The first-order chi connectivity index (χ1) is 16.8. The van der Waals surface area contributed by atoms with Crippen molar-refractivity contribution < 1.29 is 9.90 Å². The molecule has 4 heterocycles. The van der Waals surface area contributed by atoms with E-state index in [1.165, 1.54) is 12.3 Å². The summed E-state index contributed by atoms with van der Waals surface area (Å²) in [4.78, 5) is 32.0. The molecule has 3 aromatic rings. The lowest BCUT2D eigenvalue weighted by molar-refractivity contribution is 0.0696. The Hall–Kier alpha value is -3.10. The van der Waals surface area contributed by atoms with Crippen molar-refractivity contribution in [2.75, 3.05) is 40.9 Å². The highest BCUT2D eigenvalue weighted by atomic mass is 35.5. The Morgan fingerprint density at radius 3 is 2.37 bits per heavy atom. The fourth-order valence-electron chi connectivity index (χ4n) is 4.55. The molecular weight excluding hydrogens is 487 g/mol. The molecule has 5 rings (SSSR count). The topological polar surface area (TPSA) is 85.7 Å². The van der Waals surface area contributed by atoms with Crippen molar-refractivity contribution in [1.82, 2.24) is 15.0 Å². The smallest absolute Gasteiger partial charge is 0.337 e. The van der Waals surface area contributed by atoms with Crippen molar-refractivity contribution in [1.29, 1.82) is 0 Å². The number of carboxylic acids is 1. The van der Waals surface area contributed by atoms with Crippen LogP contribution in [0.2, 0.25) is 10.0 Å². The Balaban J connectivity index is 1.42. The van der Waals surface area contributed by atoms with E-state index in [2.05, 4.69) is 33.5 Å². The fraction of sp³-hybridized carbons (Fsp3) is 0.360. The molecule has 2 aliphatic rings. The zero-order valence-corrected chi connectivity index (χ0v) is 21.0. The van der Waals surface area contributed by atoms with Gasteiger partial charge in [-0.1, -0.05) is 35.3 Å². The molecule has 0 bridgehead atoms. The summed E-state index contributed by atoms with van der Waals surface area (Å²) in [5.41, 5.74) is 1.94. The predicted octanol–water partition coefficient (Wildman–Crippen LogP) is 4.86. The summed E-state index contributed by atoms with van der Waals surface area (Å²) in [6.07, 6.45) is 2.48. The van der Waals surface area contributed by atoms with E-state index in [4.69, 9.17) is 33.2 Å². The number of hydrogen-bond donors (Lipinski definition) is 1. The van der Waals surface area contributed by atoms with E-state index in [0.29, 0.717) is 41.5 Å². The number of pyridine rings is 1. The first-order valence-corrected chi connectivity index (χ1v) is 12.4. The van der Waals surface area contributed by atoms with Crippen molar-refractivity contribution in [3.63, 3.8) is 0 Å². The van der Waals surface area contributed by atoms with Crippen LogP contribution in [0.4, 0.5) is 17.6 Å². The number of nitrogens with zero attached hydrogens (tertiary/aromatic N) is 6. The molecule has 0 saturated carbocycles. The molecule has 2 atom stereocenters. The van der Waals surface area contributed by atoms with Gasteiger partial charge < -0.3 is 19.8 Å². The second-order valence-electron chi connectivity index (χ2n) is 9.07. The third-order valence-corrected chi connectivity index (χ3v) is 7.24. The van der Waals surface area contributed by atoms with Crippen molar-refractivity contribution in [2.24, 2.45) is 0 Å². The Morgan fingerprint density at radius 2 is 1.77 bits per heavy atom. The SMILES string of the molecule is CC1CN(c2ncc(C(=O)O)cc2Cl)CCN1c1cc(-c2ccc(Cl)cc2)nc(N2CCC2C)n1. The minimum absolute atomic E-state index is 0.0777. The molecule has 10 heteroatoms.